The second kappa shape index (κ2) is 16.5. The highest BCUT2D eigenvalue weighted by molar-refractivity contribution is 6.33. The van der Waals surface area contributed by atoms with Gasteiger partial charge in [0.2, 0.25) is 5.91 Å². The van der Waals surface area contributed by atoms with Crippen molar-refractivity contribution >= 4 is 52.1 Å². The van der Waals surface area contributed by atoms with E-state index in [-0.39, 0.29) is 47.0 Å². The number of halogens is 6. The van der Waals surface area contributed by atoms with Gasteiger partial charge in [-0.3, -0.25) is 14.4 Å². The van der Waals surface area contributed by atoms with Crippen LogP contribution in [0.5, 0.6) is 11.5 Å². The van der Waals surface area contributed by atoms with Gasteiger partial charge < -0.3 is 19.9 Å². The first-order chi connectivity index (χ1) is 23.4. The van der Waals surface area contributed by atoms with Crippen molar-refractivity contribution in [3.8, 4) is 11.5 Å². The number of carbonyl (C=O) groups excluding carboxylic acids is 2. The maximum Gasteiger partial charge on any atom is 0.303 e. The molecule has 0 aliphatic carbocycles. The fourth-order valence-corrected chi connectivity index (χ4v) is 5.72. The predicted molar refractivity (Wildman–Crippen MR) is 177 cm³/mol. The summed E-state index contributed by atoms with van der Waals surface area (Å²) in [6.45, 7) is 0. The molecule has 0 bridgehead atoms. The largest absolute Gasteiger partial charge is 0.497 e. The summed E-state index contributed by atoms with van der Waals surface area (Å²) >= 11 is 12.4. The molecule has 7 nitrogen and oxygen atoms in total. The molecule has 1 aliphatic rings. The Hall–Kier alpha value is -4.87. The van der Waals surface area contributed by atoms with Crippen molar-refractivity contribution in [2.45, 2.75) is 31.6 Å². The summed E-state index contributed by atoms with van der Waals surface area (Å²) in [4.78, 5) is 35.5. The number of hydrogen-bond acceptors (Lipinski definition) is 5. The van der Waals surface area contributed by atoms with E-state index in [0.29, 0.717) is 34.1 Å². The van der Waals surface area contributed by atoms with Crippen LogP contribution in [0.1, 0.15) is 58.6 Å². The summed E-state index contributed by atoms with van der Waals surface area (Å²) in [6.07, 6.45) is 0.0130. The fraction of sp³-hybridized carbons (Fsp3) is 0.194. The molecule has 256 valence electrons. The molecular formula is C36H29Cl2F4NO6. The molecule has 1 heterocycles. The minimum Gasteiger partial charge on any atom is -0.497 e. The summed E-state index contributed by atoms with van der Waals surface area (Å²) in [5.74, 6) is -5.98. The van der Waals surface area contributed by atoms with Crippen LogP contribution in [-0.2, 0) is 9.59 Å². The SMILES string of the molecule is COc1ccc(Cl)c(C(CCC(=O)O)C(=O)c2c(F)cccc2F)c1.COc1ccc(Cl)c(C2=C(c3c(F)cccc3F)NC(=O)CC2)c1. The van der Waals surface area contributed by atoms with E-state index in [4.69, 9.17) is 37.8 Å². The monoisotopic (exact) mass is 717 g/mol. The quantitative estimate of drug-likeness (QED) is 0.126. The number of hydrogen-bond donors (Lipinski definition) is 2. The smallest absolute Gasteiger partial charge is 0.303 e. The van der Waals surface area contributed by atoms with Crippen molar-refractivity contribution in [3.05, 3.63) is 128 Å². The number of rotatable bonds is 10. The third kappa shape index (κ3) is 8.79. The number of allylic oxidation sites excluding steroid dienone is 1. The maximum absolute atomic E-state index is 14.2. The molecule has 1 atom stereocenters. The third-order valence-electron chi connectivity index (χ3n) is 7.63. The standard InChI is InChI=1S/C18H14ClF2NO2.C18H15ClF2O4/c1-24-10-5-7-13(19)12(9-10)11-6-8-16(23)22-18(11)17-14(20)3-2-4-15(17)21;1-25-10-5-7-13(19)12(9-10)11(6-8-16(22)23)18(24)17-14(20)3-2-4-15(17)21/h2-5,7,9H,6,8H2,1H3,(H,22,23);2-5,7,9,11H,6,8H2,1H3,(H,22,23). The van der Waals surface area contributed by atoms with Gasteiger partial charge in [0.05, 0.1) is 31.0 Å². The Balaban J connectivity index is 0.000000221. The molecule has 4 aromatic carbocycles. The lowest BCUT2D eigenvalue weighted by Crippen LogP contribution is -2.27. The van der Waals surface area contributed by atoms with Gasteiger partial charge >= 0.3 is 5.97 Å². The number of benzene rings is 4. The van der Waals surface area contributed by atoms with Crippen LogP contribution in [0, 0.1) is 23.3 Å². The number of carboxylic acid groups (broad SMARTS) is 1. The van der Waals surface area contributed by atoms with E-state index in [9.17, 15) is 31.9 Å². The first-order valence-electron chi connectivity index (χ1n) is 14.7. The average Bonchev–Trinajstić information content (AvgIpc) is 3.06. The highest BCUT2D eigenvalue weighted by atomic mass is 35.5. The minimum atomic E-state index is -1.13. The van der Waals surface area contributed by atoms with Crippen LogP contribution in [0.15, 0.2) is 72.8 Å². The van der Waals surface area contributed by atoms with Crippen molar-refractivity contribution in [1.29, 1.82) is 0 Å². The first-order valence-corrected chi connectivity index (χ1v) is 15.5. The Morgan fingerprint density at radius 2 is 1.37 bits per heavy atom. The lowest BCUT2D eigenvalue weighted by Gasteiger charge is -2.23. The number of methoxy groups -OCH3 is 2. The molecular weight excluding hydrogens is 689 g/mol. The topological polar surface area (TPSA) is 102 Å². The molecule has 5 rings (SSSR count). The van der Waals surface area contributed by atoms with E-state index in [2.05, 4.69) is 5.32 Å². The molecule has 13 heteroatoms. The van der Waals surface area contributed by atoms with Crippen LogP contribution >= 0.6 is 23.2 Å². The van der Waals surface area contributed by atoms with Crippen molar-refractivity contribution in [3.63, 3.8) is 0 Å². The molecule has 0 saturated heterocycles. The predicted octanol–water partition coefficient (Wildman–Crippen LogP) is 8.86. The van der Waals surface area contributed by atoms with Gasteiger partial charge in [-0.1, -0.05) is 35.3 Å². The maximum atomic E-state index is 14.2. The van der Waals surface area contributed by atoms with Crippen molar-refractivity contribution in [2.24, 2.45) is 0 Å². The number of carbonyl (C=O) groups is 3. The molecule has 4 aromatic rings. The normalized spacial score (nSPS) is 13.2. The summed E-state index contributed by atoms with van der Waals surface area (Å²) in [5, 5.41) is 12.1. The molecule has 2 N–H and O–H groups in total. The van der Waals surface area contributed by atoms with E-state index in [1.54, 1.807) is 24.3 Å². The van der Waals surface area contributed by atoms with E-state index in [1.165, 1.54) is 32.4 Å². The van der Waals surface area contributed by atoms with Gasteiger partial charge in [0.1, 0.15) is 34.8 Å². The molecule has 1 aliphatic heterocycles. The summed E-state index contributed by atoms with van der Waals surface area (Å²) in [6, 6.07) is 16.2. The Bertz CT molecular complexity index is 1890. The average molecular weight is 719 g/mol. The second-order valence-electron chi connectivity index (χ2n) is 10.7. The van der Waals surface area contributed by atoms with Crippen LogP contribution < -0.4 is 14.8 Å². The van der Waals surface area contributed by atoms with Gasteiger partial charge in [0.15, 0.2) is 5.78 Å². The highest BCUT2D eigenvalue weighted by Crippen LogP contribution is 2.39. The zero-order chi connectivity index (χ0) is 35.8. The number of carboxylic acids is 1. The van der Waals surface area contributed by atoms with E-state index >= 15 is 0 Å². The Morgan fingerprint density at radius 1 is 0.816 bits per heavy atom. The first kappa shape index (κ1) is 37.0. The summed E-state index contributed by atoms with van der Waals surface area (Å²) in [5.41, 5.74) is 0.541. The van der Waals surface area contributed by atoms with Crippen LogP contribution in [0.4, 0.5) is 17.6 Å². The van der Waals surface area contributed by atoms with Gasteiger partial charge in [-0.15, -0.1) is 0 Å². The molecule has 0 saturated carbocycles. The van der Waals surface area contributed by atoms with Crippen LogP contribution in [0.3, 0.4) is 0 Å². The Kier molecular flexibility index (Phi) is 12.4. The molecule has 49 heavy (non-hydrogen) atoms. The lowest BCUT2D eigenvalue weighted by molar-refractivity contribution is -0.137. The van der Waals surface area contributed by atoms with Crippen molar-refractivity contribution < 1.29 is 46.5 Å². The van der Waals surface area contributed by atoms with E-state index in [0.717, 1.165) is 30.3 Å². The molecule has 1 unspecified atom stereocenters. The number of amides is 1. The number of ketones is 1. The Morgan fingerprint density at radius 3 is 1.94 bits per heavy atom. The zero-order valence-corrected chi connectivity index (χ0v) is 27.6. The van der Waals surface area contributed by atoms with Gasteiger partial charge in [0, 0.05) is 34.4 Å². The van der Waals surface area contributed by atoms with E-state index < -0.39 is 46.5 Å². The minimum absolute atomic E-state index is 0.108. The number of aliphatic carboxylic acids is 1. The van der Waals surface area contributed by atoms with Gasteiger partial charge in [-0.2, -0.15) is 0 Å². The highest BCUT2D eigenvalue weighted by Gasteiger charge is 2.30. The molecule has 1 amide bonds. The summed E-state index contributed by atoms with van der Waals surface area (Å²) in [7, 11) is 2.93. The van der Waals surface area contributed by atoms with Crippen LogP contribution in [-0.4, -0.2) is 37.0 Å². The van der Waals surface area contributed by atoms with Gasteiger partial charge in [0.25, 0.3) is 0 Å². The second-order valence-corrected chi connectivity index (χ2v) is 11.5. The van der Waals surface area contributed by atoms with Crippen LogP contribution in [0.25, 0.3) is 11.3 Å². The molecule has 0 radical (unpaired) electrons. The van der Waals surface area contributed by atoms with Gasteiger partial charge in [-0.25, -0.2) is 17.6 Å². The van der Waals surface area contributed by atoms with Gasteiger partial charge in [-0.05, 0) is 84.6 Å². The van der Waals surface area contributed by atoms with Crippen LogP contribution in [0.2, 0.25) is 10.0 Å². The van der Waals surface area contributed by atoms with Crippen molar-refractivity contribution in [1.82, 2.24) is 5.32 Å². The summed E-state index contributed by atoms with van der Waals surface area (Å²) < 4.78 is 66.7. The fourth-order valence-electron chi connectivity index (χ4n) is 5.24. The van der Waals surface area contributed by atoms with Crippen molar-refractivity contribution in [2.75, 3.05) is 14.2 Å². The zero-order valence-electron chi connectivity index (χ0n) is 26.1. The molecule has 0 spiro atoms. The lowest BCUT2D eigenvalue weighted by atomic mass is 9.86. The van der Waals surface area contributed by atoms with E-state index in [1.807, 2.05) is 0 Å². The number of ether oxygens (including phenoxy) is 2. The number of nitrogens with one attached hydrogen (secondary N) is 1. The third-order valence-corrected chi connectivity index (χ3v) is 8.30. The molecule has 0 fully saturated rings. The number of Topliss-reactive ketones (excluding diaryl/α,β-unsaturated/α-hetero) is 1. The molecule has 0 aromatic heterocycles. The Labute approximate surface area is 289 Å².